The van der Waals surface area contributed by atoms with Gasteiger partial charge < -0.3 is 5.32 Å². The van der Waals surface area contributed by atoms with E-state index in [0.717, 1.165) is 12.5 Å². The van der Waals surface area contributed by atoms with Gasteiger partial charge in [-0.1, -0.05) is 0 Å². The fourth-order valence-corrected chi connectivity index (χ4v) is 2.41. The van der Waals surface area contributed by atoms with Crippen molar-refractivity contribution in [2.45, 2.75) is 25.3 Å². The average Bonchev–Trinajstić information content (AvgIpc) is 2.82. The van der Waals surface area contributed by atoms with Crippen molar-refractivity contribution in [3.05, 3.63) is 22.4 Å². The van der Waals surface area contributed by atoms with E-state index in [1.54, 1.807) is 11.3 Å². The SMILES string of the molecule is c1n[nH]c(NCc2cnc(C3CC3)s2)n1. The molecular weight excluding hydrogens is 210 g/mol. The minimum Gasteiger partial charge on any atom is -0.350 e. The Hall–Kier alpha value is -1.43. The molecule has 0 bridgehead atoms. The van der Waals surface area contributed by atoms with Crippen molar-refractivity contribution < 1.29 is 0 Å². The molecule has 1 aliphatic carbocycles. The number of nitrogens with zero attached hydrogens (tertiary/aromatic N) is 3. The summed E-state index contributed by atoms with van der Waals surface area (Å²) in [4.78, 5) is 9.65. The van der Waals surface area contributed by atoms with Crippen LogP contribution in [-0.2, 0) is 6.54 Å². The molecule has 2 heterocycles. The van der Waals surface area contributed by atoms with Gasteiger partial charge in [-0.15, -0.1) is 11.3 Å². The number of nitrogens with one attached hydrogen (secondary N) is 2. The molecule has 0 radical (unpaired) electrons. The average molecular weight is 221 g/mol. The maximum Gasteiger partial charge on any atom is 0.218 e. The maximum absolute atomic E-state index is 4.41. The van der Waals surface area contributed by atoms with E-state index in [1.807, 2.05) is 6.20 Å². The Morgan fingerprint density at radius 2 is 2.40 bits per heavy atom. The quantitative estimate of drug-likeness (QED) is 0.825. The monoisotopic (exact) mass is 221 g/mol. The van der Waals surface area contributed by atoms with Gasteiger partial charge in [0.25, 0.3) is 0 Å². The molecule has 0 saturated heterocycles. The van der Waals surface area contributed by atoms with E-state index in [1.165, 1.54) is 29.1 Å². The van der Waals surface area contributed by atoms with Crippen LogP contribution in [0.2, 0.25) is 0 Å². The zero-order valence-corrected chi connectivity index (χ0v) is 8.92. The summed E-state index contributed by atoms with van der Waals surface area (Å²) in [6.45, 7) is 0.763. The molecule has 0 unspecified atom stereocenters. The van der Waals surface area contributed by atoms with E-state index in [0.29, 0.717) is 5.95 Å². The molecule has 2 aromatic rings. The molecule has 1 fully saturated rings. The van der Waals surface area contributed by atoms with Gasteiger partial charge in [0, 0.05) is 17.0 Å². The predicted molar refractivity (Wildman–Crippen MR) is 57.8 cm³/mol. The van der Waals surface area contributed by atoms with E-state index >= 15 is 0 Å². The normalized spacial score (nSPS) is 15.5. The van der Waals surface area contributed by atoms with E-state index in [-0.39, 0.29) is 0 Å². The Bertz CT molecular complexity index is 431. The van der Waals surface area contributed by atoms with Crippen molar-refractivity contribution in [3.8, 4) is 0 Å². The lowest BCUT2D eigenvalue weighted by Crippen LogP contribution is -1.98. The number of H-pyrrole nitrogens is 1. The number of thiazole rings is 1. The molecule has 15 heavy (non-hydrogen) atoms. The summed E-state index contributed by atoms with van der Waals surface area (Å²) in [7, 11) is 0. The molecule has 2 N–H and O–H groups in total. The standard InChI is InChI=1S/C9H11N5S/c1-2-6(1)8-10-3-7(15-8)4-11-9-12-5-13-14-9/h3,5-6H,1-2,4H2,(H2,11,12,13,14). The molecule has 0 aliphatic heterocycles. The summed E-state index contributed by atoms with van der Waals surface area (Å²) in [5.41, 5.74) is 0. The molecule has 0 atom stereocenters. The summed E-state index contributed by atoms with van der Waals surface area (Å²) < 4.78 is 0. The van der Waals surface area contributed by atoms with Crippen LogP contribution in [0.4, 0.5) is 5.95 Å². The van der Waals surface area contributed by atoms with Crippen LogP contribution in [0, 0.1) is 0 Å². The molecule has 0 aromatic carbocycles. The third-order valence-corrected chi connectivity index (χ3v) is 3.50. The summed E-state index contributed by atoms with van der Waals surface area (Å²) in [6.07, 6.45) is 6.05. The van der Waals surface area contributed by atoms with Gasteiger partial charge in [-0.3, -0.25) is 0 Å². The van der Waals surface area contributed by atoms with Gasteiger partial charge >= 0.3 is 0 Å². The molecule has 1 aliphatic rings. The Morgan fingerprint density at radius 3 is 3.13 bits per heavy atom. The Balaban J connectivity index is 1.61. The minimum absolute atomic E-state index is 0.705. The summed E-state index contributed by atoms with van der Waals surface area (Å²) in [6, 6.07) is 0. The van der Waals surface area contributed by atoms with Crippen LogP contribution in [0.3, 0.4) is 0 Å². The van der Waals surface area contributed by atoms with Crippen molar-refractivity contribution in [3.63, 3.8) is 0 Å². The fourth-order valence-electron chi connectivity index (χ4n) is 1.38. The molecular formula is C9H11N5S. The third-order valence-electron chi connectivity index (χ3n) is 2.34. The van der Waals surface area contributed by atoms with Gasteiger partial charge in [0.15, 0.2) is 0 Å². The Kier molecular flexibility index (Phi) is 2.13. The van der Waals surface area contributed by atoms with Gasteiger partial charge in [0.05, 0.1) is 11.6 Å². The molecule has 5 nitrogen and oxygen atoms in total. The predicted octanol–water partition coefficient (Wildman–Crippen LogP) is 1.75. The maximum atomic E-state index is 4.41. The zero-order valence-electron chi connectivity index (χ0n) is 8.10. The van der Waals surface area contributed by atoms with Gasteiger partial charge in [0.1, 0.15) is 6.33 Å². The van der Waals surface area contributed by atoms with Crippen molar-refractivity contribution in [1.82, 2.24) is 20.2 Å². The van der Waals surface area contributed by atoms with Gasteiger partial charge in [-0.2, -0.15) is 5.10 Å². The molecule has 0 amide bonds. The number of rotatable bonds is 4. The Morgan fingerprint density at radius 1 is 1.47 bits per heavy atom. The Labute approximate surface area is 91.0 Å². The molecule has 6 heteroatoms. The number of aromatic amines is 1. The van der Waals surface area contributed by atoms with Crippen LogP contribution in [-0.4, -0.2) is 20.2 Å². The highest BCUT2D eigenvalue weighted by molar-refractivity contribution is 7.11. The van der Waals surface area contributed by atoms with Crippen molar-refractivity contribution in [2.24, 2.45) is 0 Å². The highest BCUT2D eigenvalue weighted by Crippen LogP contribution is 2.41. The topological polar surface area (TPSA) is 66.5 Å². The lowest BCUT2D eigenvalue weighted by molar-refractivity contribution is 1.05. The molecule has 78 valence electrons. The molecule has 0 spiro atoms. The van der Waals surface area contributed by atoms with Crippen molar-refractivity contribution in [2.75, 3.05) is 5.32 Å². The number of hydrogen-bond donors (Lipinski definition) is 2. The van der Waals surface area contributed by atoms with E-state index in [4.69, 9.17) is 0 Å². The number of hydrogen-bond acceptors (Lipinski definition) is 5. The first-order chi connectivity index (χ1) is 7.42. The van der Waals surface area contributed by atoms with Crippen LogP contribution in [0.1, 0.15) is 28.6 Å². The molecule has 1 saturated carbocycles. The van der Waals surface area contributed by atoms with E-state index in [9.17, 15) is 0 Å². The largest absolute Gasteiger partial charge is 0.350 e. The van der Waals surface area contributed by atoms with Crippen LogP contribution in [0.25, 0.3) is 0 Å². The first-order valence-electron chi connectivity index (χ1n) is 4.95. The fraction of sp³-hybridized carbons (Fsp3) is 0.444. The summed E-state index contributed by atoms with van der Waals surface area (Å²) >= 11 is 1.79. The third kappa shape index (κ3) is 1.99. The second-order valence-electron chi connectivity index (χ2n) is 3.63. The zero-order chi connectivity index (χ0) is 10.1. The number of anilines is 1. The van der Waals surface area contributed by atoms with Crippen molar-refractivity contribution in [1.29, 1.82) is 0 Å². The summed E-state index contributed by atoms with van der Waals surface area (Å²) in [5.74, 6) is 1.45. The first-order valence-corrected chi connectivity index (χ1v) is 5.77. The van der Waals surface area contributed by atoms with Crippen LogP contribution in [0.15, 0.2) is 12.5 Å². The number of aromatic nitrogens is 4. The highest BCUT2D eigenvalue weighted by atomic mass is 32.1. The molecule has 3 rings (SSSR count). The second kappa shape index (κ2) is 3.62. The van der Waals surface area contributed by atoms with Gasteiger partial charge in [0.2, 0.25) is 5.95 Å². The lowest BCUT2D eigenvalue weighted by Gasteiger charge is -1.97. The van der Waals surface area contributed by atoms with Crippen molar-refractivity contribution >= 4 is 17.3 Å². The minimum atomic E-state index is 0.705. The van der Waals surface area contributed by atoms with E-state index < -0.39 is 0 Å². The second-order valence-corrected chi connectivity index (χ2v) is 4.77. The van der Waals surface area contributed by atoms with Crippen LogP contribution < -0.4 is 5.32 Å². The van der Waals surface area contributed by atoms with Crippen LogP contribution >= 0.6 is 11.3 Å². The van der Waals surface area contributed by atoms with E-state index in [2.05, 4.69) is 25.5 Å². The molecule has 2 aromatic heterocycles. The smallest absolute Gasteiger partial charge is 0.218 e. The summed E-state index contributed by atoms with van der Waals surface area (Å²) in [5, 5.41) is 11.0. The first kappa shape index (κ1) is 8.84. The lowest BCUT2D eigenvalue weighted by atomic mass is 10.5. The highest BCUT2D eigenvalue weighted by Gasteiger charge is 2.26. The van der Waals surface area contributed by atoms with Gasteiger partial charge in [-0.05, 0) is 12.8 Å². The van der Waals surface area contributed by atoms with Gasteiger partial charge in [-0.25, -0.2) is 15.1 Å². The van der Waals surface area contributed by atoms with Crippen LogP contribution in [0.5, 0.6) is 0 Å².